The molecule has 4 rings (SSSR count). The van der Waals surface area contributed by atoms with Gasteiger partial charge in [0.15, 0.2) is 0 Å². The molecular formula is C19H20ClN5. The number of aromatic nitrogens is 4. The van der Waals surface area contributed by atoms with Crippen LogP contribution in [0, 0.1) is 13.8 Å². The maximum absolute atomic E-state index is 6.14. The van der Waals surface area contributed by atoms with Crippen LogP contribution in [0.15, 0.2) is 36.4 Å². The smallest absolute Gasteiger partial charge is 0.135 e. The molecule has 1 aromatic carbocycles. The Morgan fingerprint density at radius 2 is 1.92 bits per heavy atom. The number of nitrogens with one attached hydrogen (secondary N) is 1. The molecule has 5 nitrogen and oxygen atoms in total. The second kappa shape index (κ2) is 6.48. The molecule has 0 bridgehead atoms. The summed E-state index contributed by atoms with van der Waals surface area (Å²) in [7, 11) is 0. The van der Waals surface area contributed by atoms with Crippen LogP contribution in [0.1, 0.15) is 41.5 Å². The van der Waals surface area contributed by atoms with E-state index in [2.05, 4.69) is 39.4 Å². The summed E-state index contributed by atoms with van der Waals surface area (Å²) in [6.07, 6.45) is 2.31. The molecular weight excluding hydrogens is 334 g/mol. The summed E-state index contributed by atoms with van der Waals surface area (Å²) in [5.74, 6) is 2.10. The Balaban J connectivity index is 1.57. The fraction of sp³-hybridized carbons (Fsp3) is 0.316. The van der Waals surface area contributed by atoms with Crippen molar-refractivity contribution in [1.82, 2.24) is 19.7 Å². The molecule has 1 fully saturated rings. The van der Waals surface area contributed by atoms with Crippen molar-refractivity contribution in [2.45, 2.75) is 39.2 Å². The fourth-order valence-corrected chi connectivity index (χ4v) is 3.17. The average molecular weight is 354 g/mol. The normalized spacial score (nSPS) is 13.9. The first-order valence-corrected chi connectivity index (χ1v) is 8.88. The topological polar surface area (TPSA) is 55.6 Å². The third-order valence-electron chi connectivity index (χ3n) is 4.54. The summed E-state index contributed by atoms with van der Waals surface area (Å²) < 4.78 is 1.98. The molecule has 0 radical (unpaired) electrons. The van der Waals surface area contributed by atoms with Crippen LogP contribution in [0.25, 0.3) is 5.69 Å². The first-order chi connectivity index (χ1) is 12.1. The van der Waals surface area contributed by atoms with Gasteiger partial charge in [-0.25, -0.2) is 14.6 Å². The quantitative estimate of drug-likeness (QED) is 0.690. The van der Waals surface area contributed by atoms with Crippen molar-refractivity contribution in [3.05, 3.63) is 64.3 Å². The van der Waals surface area contributed by atoms with Gasteiger partial charge in [0.2, 0.25) is 0 Å². The summed E-state index contributed by atoms with van der Waals surface area (Å²) in [4.78, 5) is 8.93. The lowest BCUT2D eigenvalue weighted by molar-refractivity contribution is 0.832. The highest BCUT2D eigenvalue weighted by molar-refractivity contribution is 6.29. The lowest BCUT2D eigenvalue weighted by Crippen LogP contribution is -2.06. The van der Waals surface area contributed by atoms with E-state index in [0.717, 1.165) is 41.6 Å². The number of nitrogens with zero attached hydrogens (tertiary/aromatic N) is 4. The second-order valence-corrected chi connectivity index (χ2v) is 6.85. The van der Waals surface area contributed by atoms with E-state index in [4.69, 9.17) is 11.6 Å². The Bertz CT molecular complexity index is 900. The van der Waals surface area contributed by atoms with Crippen LogP contribution in [-0.4, -0.2) is 19.7 Å². The van der Waals surface area contributed by atoms with Gasteiger partial charge < -0.3 is 5.32 Å². The number of benzene rings is 1. The summed E-state index contributed by atoms with van der Waals surface area (Å²) in [5.41, 5.74) is 4.37. The first kappa shape index (κ1) is 16.1. The molecule has 1 saturated carbocycles. The number of halogens is 1. The van der Waals surface area contributed by atoms with Crippen LogP contribution in [0.3, 0.4) is 0 Å². The van der Waals surface area contributed by atoms with Gasteiger partial charge in [-0.3, -0.25) is 0 Å². The number of rotatable bonds is 5. The van der Waals surface area contributed by atoms with Gasteiger partial charge in [-0.1, -0.05) is 29.8 Å². The number of hydrogen-bond acceptors (Lipinski definition) is 4. The predicted molar refractivity (Wildman–Crippen MR) is 99.4 cm³/mol. The summed E-state index contributed by atoms with van der Waals surface area (Å²) in [6.45, 7) is 4.78. The van der Waals surface area contributed by atoms with Crippen molar-refractivity contribution in [1.29, 1.82) is 0 Å². The van der Waals surface area contributed by atoms with Crippen LogP contribution in [0.5, 0.6) is 0 Å². The molecule has 1 N–H and O–H groups in total. The van der Waals surface area contributed by atoms with Crippen molar-refractivity contribution in [3.63, 3.8) is 0 Å². The molecule has 0 saturated heterocycles. The van der Waals surface area contributed by atoms with E-state index < -0.39 is 0 Å². The highest BCUT2D eigenvalue weighted by Gasteiger charge is 2.27. The first-order valence-electron chi connectivity index (χ1n) is 8.50. The third-order valence-corrected chi connectivity index (χ3v) is 4.74. The lowest BCUT2D eigenvalue weighted by atomic mass is 10.2. The van der Waals surface area contributed by atoms with Crippen LogP contribution < -0.4 is 5.32 Å². The van der Waals surface area contributed by atoms with E-state index in [1.807, 2.05) is 29.8 Å². The Labute approximate surface area is 152 Å². The molecule has 0 aliphatic heterocycles. The van der Waals surface area contributed by atoms with Gasteiger partial charge in [-0.2, -0.15) is 5.10 Å². The van der Waals surface area contributed by atoms with Gasteiger partial charge in [0.25, 0.3) is 0 Å². The van der Waals surface area contributed by atoms with Gasteiger partial charge in [0.05, 0.1) is 11.4 Å². The van der Waals surface area contributed by atoms with Crippen molar-refractivity contribution in [2.75, 3.05) is 5.32 Å². The van der Waals surface area contributed by atoms with Crippen LogP contribution in [0.2, 0.25) is 5.15 Å². The van der Waals surface area contributed by atoms with Crippen LogP contribution >= 0.6 is 11.6 Å². The zero-order chi connectivity index (χ0) is 17.4. The van der Waals surface area contributed by atoms with Crippen LogP contribution in [-0.2, 0) is 6.54 Å². The molecule has 128 valence electrons. The van der Waals surface area contributed by atoms with E-state index in [-0.39, 0.29) is 0 Å². The van der Waals surface area contributed by atoms with Crippen molar-refractivity contribution < 1.29 is 0 Å². The van der Waals surface area contributed by atoms with Gasteiger partial charge in [-0.15, -0.1) is 0 Å². The van der Waals surface area contributed by atoms with Gasteiger partial charge in [0, 0.05) is 29.8 Å². The lowest BCUT2D eigenvalue weighted by Gasteiger charge is -2.09. The second-order valence-electron chi connectivity index (χ2n) is 6.46. The molecule has 0 unspecified atom stereocenters. The monoisotopic (exact) mass is 353 g/mol. The number of para-hydroxylation sites is 1. The van der Waals surface area contributed by atoms with Gasteiger partial charge >= 0.3 is 0 Å². The minimum Gasteiger partial charge on any atom is -0.366 e. The number of anilines is 1. The highest BCUT2D eigenvalue weighted by atomic mass is 35.5. The maximum Gasteiger partial charge on any atom is 0.135 e. The van der Waals surface area contributed by atoms with E-state index in [0.29, 0.717) is 17.6 Å². The van der Waals surface area contributed by atoms with Crippen molar-refractivity contribution in [2.24, 2.45) is 0 Å². The molecule has 25 heavy (non-hydrogen) atoms. The Morgan fingerprint density at radius 1 is 1.16 bits per heavy atom. The molecule has 1 aliphatic rings. The van der Waals surface area contributed by atoms with E-state index in [1.165, 1.54) is 5.56 Å². The minimum absolute atomic E-state index is 0.476. The van der Waals surface area contributed by atoms with E-state index in [9.17, 15) is 0 Å². The maximum atomic E-state index is 6.14. The molecule has 2 heterocycles. The Morgan fingerprint density at radius 3 is 2.64 bits per heavy atom. The zero-order valence-electron chi connectivity index (χ0n) is 14.3. The zero-order valence-corrected chi connectivity index (χ0v) is 15.1. The minimum atomic E-state index is 0.476. The van der Waals surface area contributed by atoms with Gasteiger partial charge in [0.1, 0.15) is 16.8 Å². The molecule has 1 aliphatic carbocycles. The Hall–Kier alpha value is -2.40. The number of aryl methyl sites for hydroxylation is 1. The molecule has 2 aromatic heterocycles. The van der Waals surface area contributed by atoms with E-state index in [1.54, 1.807) is 6.07 Å². The molecule has 6 heteroatoms. The fourth-order valence-electron chi connectivity index (χ4n) is 2.98. The van der Waals surface area contributed by atoms with Crippen molar-refractivity contribution >= 4 is 17.4 Å². The molecule has 0 amide bonds. The standard InChI is InChI=1S/C19H20ClN5/c1-12-16(13(2)25(24-12)15-6-4-3-5-7-15)11-21-18-10-17(20)22-19(23-18)14-8-9-14/h3-7,10,14H,8-9,11H2,1-2H3,(H,21,22,23). The SMILES string of the molecule is Cc1nn(-c2ccccc2)c(C)c1CNc1cc(Cl)nc(C2CC2)n1. The molecule has 3 aromatic rings. The molecule has 0 spiro atoms. The third kappa shape index (κ3) is 3.37. The molecule has 0 atom stereocenters. The van der Waals surface area contributed by atoms with E-state index >= 15 is 0 Å². The average Bonchev–Trinajstić information content (AvgIpc) is 3.41. The highest BCUT2D eigenvalue weighted by Crippen LogP contribution is 2.38. The summed E-state index contributed by atoms with van der Waals surface area (Å²) in [5, 5.41) is 8.56. The van der Waals surface area contributed by atoms with Crippen LogP contribution in [0.4, 0.5) is 5.82 Å². The van der Waals surface area contributed by atoms with Gasteiger partial charge in [-0.05, 0) is 38.8 Å². The summed E-state index contributed by atoms with van der Waals surface area (Å²) in [6, 6.07) is 11.9. The Kier molecular flexibility index (Phi) is 4.17. The number of hydrogen-bond donors (Lipinski definition) is 1. The predicted octanol–water partition coefficient (Wildman–Crippen LogP) is 4.42. The largest absolute Gasteiger partial charge is 0.366 e. The van der Waals surface area contributed by atoms with Crippen molar-refractivity contribution in [3.8, 4) is 5.69 Å². The summed E-state index contributed by atoms with van der Waals surface area (Å²) >= 11 is 6.14.